The van der Waals surface area contributed by atoms with Crippen molar-refractivity contribution in [2.24, 2.45) is 5.92 Å². The molecule has 0 bridgehead atoms. The molecule has 0 heterocycles. The van der Waals surface area contributed by atoms with E-state index in [-0.39, 0.29) is 21.2 Å². The molecule has 0 aromatic carbocycles. The predicted molar refractivity (Wildman–Crippen MR) is 48.9 cm³/mol. The summed E-state index contributed by atoms with van der Waals surface area (Å²) in [5.41, 5.74) is 0. The van der Waals surface area contributed by atoms with E-state index in [9.17, 15) is 14.1 Å². The molecule has 1 aliphatic rings. The summed E-state index contributed by atoms with van der Waals surface area (Å²) in [5.74, 6) is -2.73. The number of allylic oxidation sites excluding steroid dienone is 3. The highest BCUT2D eigenvalue weighted by atomic mass is 35.5. The molecule has 0 aliphatic heterocycles. The van der Waals surface area contributed by atoms with Crippen LogP contribution in [0, 0.1) is 5.92 Å². The Balaban J connectivity index is 3.19. The van der Waals surface area contributed by atoms with Crippen molar-refractivity contribution in [1.29, 1.82) is 0 Å². The van der Waals surface area contributed by atoms with E-state index in [1.54, 1.807) is 0 Å². The van der Waals surface area contributed by atoms with Crippen LogP contribution in [0.5, 0.6) is 0 Å². The van der Waals surface area contributed by atoms with Crippen LogP contribution in [-0.4, -0.2) is 25.3 Å². The van der Waals surface area contributed by atoms with Gasteiger partial charge in [-0.1, -0.05) is 17.7 Å². The number of carboxylic acids is 1. The molecular weight excluding hydrogens is 216 g/mol. The van der Waals surface area contributed by atoms with Crippen LogP contribution in [0.1, 0.15) is 0 Å². The number of hydrogen-bond donors (Lipinski definition) is 2. The Bertz CT molecular complexity index is 365. The first-order valence-corrected chi connectivity index (χ1v) is 4.36. The number of carboxylic acid groups (broad SMARTS) is 1. The fourth-order valence-electron chi connectivity index (χ4n) is 0.898. The molecule has 70 valence electrons. The lowest BCUT2D eigenvalue weighted by Gasteiger charge is -2.13. The summed E-state index contributed by atoms with van der Waals surface area (Å²) in [4.78, 5) is 10.4. The number of rotatable bonds is 1. The van der Waals surface area contributed by atoms with Gasteiger partial charge in [-0.05, 0) is 6.08 Å². The Labute approximate surface area is 82.2 Å². The molecule has 1 atom stereocenters. The van der Waals surface area contributed by atoms with E-state index in [0.717, 1.165) is 0 Å². The molecule has 0 saturated heterocycles. The molecule has 0 spiro atoms. The van der Waals surface area contributed by atoms with Gasteiger partial charge in [0.25, 0.3) is 0 Å². The molecule has 0 fully saturated rings. The average molecular weight is 221 g/mol. The minimum atomic E-state index is -1.19. The van der Waals surface area contributed by atoms with Gasteiger partial charge in [0.2, 0.25) is 0 Å². The number of hydrogen-bond acceptors (Lipinski definition) is 3. The molecule has 0 radical (unpaired) electrons. The van der Waals surface area contributed by atoms with Crippen LogP contribution in [-0.2, 0) is 16.1 Å². The molecule has 0 saturated carbocycles. The van der Waals surface area contributed by atoms with Gasteiger partial charge >= 0.3 is 5.97 Å². The quantitative estimate of drug-likeness (QED) is 0.637. The molecule has 1 rings (SSSR count). The Morgan fingerprint density at radius 1 is 1.62 bits per heavy atom. The van der Waals surface area contributed by atoms with Crippen LogP contribution in [0.4, 0.5) is 0 Å². The molecule has 0 aromatic rings. The first-order chi connectivity index (χ1) is 6.07. The van der Waals surface area contributed by atoms with E-state index in [4.69, 9.17) is 16.7 Å². The summed E-state index contributed by atoms with van der Waals surface area (Å²) in [5, 5.41) is 17.9. The maximum Gasteiger partial charge on any atom is 0.315 e. The fraction of sp³-hybridized carbons (Fsp3) is 0.143. The van der Waals surface area contributed by atoms with E-state index in [0.29, 0.717) is 0 Å². The fourth-order valence-corrected chi connectivity index (χ4v) is 1.60. The molecular formula is C7H5ClO4S. The van der Waals surface area contributed by atoms with Gasteiger partial charge in [-0.2, -0.15) is 0 Å². The van der Waals surface area contributed by atoms with Crippen molar-refractivity contribution < 1.29 is 19.2 Å². The second kappa shape index (κ2) is 3.76. The lowest BCUT2D eigenvalue weighted by Crippen LogP contribution is -2.25. The zero-order valence-corrected chi connectivity index (χ0v) is 7.80. The minimum absolute atomic E-state index is 0.0177. The standard InChI is InChI=1S/C7H5ClO4S/c8-4-2-1-3(7(10)11)6(13-12)5(4)9/h1-3,9H,(H,10,11). The van der Waals surface area contributed by atoms with Gasteiger partial charge in [-0.15, -0.1) is 0 Å². The van der Waals surface area contributed by atoms with Crippen LogP contribution in [0.25, 0.3) is 0 Å². The highest BCUT2D eigenvalue weighted by Crippen LogP contribution is 2.21. The summed E-state index contributed by atoms with van der Waals surface area (Å²) in [7, 11) is 0. The van der Waals surface area contributed by atoms with Crippen molar-refractivity contribution in [1.82, 2.24) is 0 Å². The van der Waals surface area contributed by atoms with E-state index in [1.807, 2.05) is 0 Å². The number of carbonyl (C=O) groups is 1. The summed E-state index contributed by atoms with van der Waals surface area (Å²) in [6, 6.07) is 0. The van der Waals surface area contributed by atoms with Gasteiger partial charge < -0.3 is 10.2 Å². The van der Waals surface area contributed by atoms with Crippen LogP contribution in [0.15, 0.2) is 22.9 Å². The van der Waals surface area contributed by atoms with Gasteiger partial charge in [0, 0.05) is 0 Å². The molecule has 2 N–H and O–H groups in total. The molecule has 4 nitrogen and oxygen atoms in total. The Kier molecular flexibility index (Phi) is 2.90. The third-order valence-electron chi connectivity index (χ3n) is 1.53. The summed E-state index contributed by atoms with van der Waals surface area (Å²) < 4.78 is 10.5. The average Bonchev–Trinajstić information content (AvgIpc) is 2.09. The highest BCUT2D eigenvalue weighted by molar-refractivity contribution is 7.67. The van der Waals surface area contributed by atoms with Crippen molar-refractivity contribution in [3.05, 3.63) is 22.9 Å². The van der Waals surface area contributed by atoms with Crippen molar-refractivity contribution in [3.63, 3.8) is 0 Å². The molecule has 13 heavy (non-hydrogen) atoms. The number of aliphatic carboxylic acids is 1. The van der Waals surface area contributed by atoms with E-state index >= 15 is 0 Å². The molecule has 0 amide bonds. The van der Waals surface area contributed by atoms with Crippen LogP contribution in [0.3, 0.4) is 0 Å². The predicted octanol–water partition coefficient (Wildman–Crippen LogP) is 0.651. The monoisotopic (exact) mass is 220 g/mol. The van der Waals surface area contributed by atoms with E-state index in [2.05, 4.69) is 0 Å². The second-order valence-electron chi connectivity index (χ2n) is 2.32. The zero-order chi connectivity index (χ0) is 10.0. The van der Waals surface area contributed by atoms with Crippen molar-refractivity contribution >= 4 is 33.7 Å². The maximum atomic E-state index is 10.6. The van der Waals surface area contributed by atoms with Gasteiger partial charge in [-0.25, -0.2) is 4.21 Å². The Morgan fingerprint density at radius 3 is 2.69 bits per heavy atom. The zero-order valence-electron chi connectivity index (χ0n) is 6.23. The minimum Gasteiger partial charge on any atom is -0.505 e. The first-order valence-electron chi connectivity index (χ1n) is 3.24. The lowest BCUT2D eigenvalue weighted by molar-refractivity contribution is -0.138. The van der Waals surface area contributed by atoms with E-state index in [1.165, 1.54) is 12.2 Å². The van der Waals surface area contributed by atoms with Gasteiger partial charge in [0.05, 0.1) is 16.3 Å². The van der Waals surface area contributed by atoms with Crippen molar-refractivity contribution in [2.75, 3.05) is 0 Å². The normalized spacial score (nSPS) is 21.9. The van der Waals surface area contributed by atoms with Crippen molar-refractivity contribution in [2.45, 2.75) is 0 Å². The Hall–Kier alpha value is -1.07. The van der Waals surface area contributed by atoms with Crippen LogP contribution in [0.2, 0.25) is 0 Å². The third kappa shape index (κ3) is 1.81. The van der Waals surface area contributed by atoms with Gasteiger partial charge in [0.15, 0.2) is 5.76 Å². The van der Waals surface area contributed by atoms with Crippen LogP contribution < -0.4 is 0 Å². The molecule has 1 unspecified atom stereocenters. The van der Waals surface area contributed by atoms with Gasteiger partial charge in [-0.3, -0.25) is 4.79 Å². The lowest BCUT2D eigenvalue weighted by atomic mass is 9.99. The number of aliphatic hydroxyl groups excluding tert-OH is 1. The molecule has 1 aliphatic carbocycles. The van der Waals surface area contributed by atoms with Gasteiger partial charge in [0.1, 0.15) is 10.8 Å². The Morgan fingerprint density at radius 2 is 2.23 bits per heavy atom. The summed E-state index contributed by atoms with van der Waals surface area (Å²) >= 11 is 5.42. The molecule has 6 heteroatoms. The molecule has 0 aromatic heterocycles. The topological polar surface area (TPSA) is 74.6 Å². The smallest absolute Gasteiger partial charge is 0.315 e. The second-order valence-corrected chi connectivity index (χ2v) is 3.33. The summed E-state index contributed by atoms with van der Waals surface area (Å²) in [6.07, 6.45) is 2.51. The SMILES string of the molecule is O=S=C1C(O)=C(Cl)C=CC1C(=O)O. The summed E-state index contributed by atoms with van der Waals surface area (Å²) in [6.45, 7) is 0. The number of halogens is 1. The number of aliphatic hydroxyl groups is 1. The third-order valence-corrected chi connectivity index (χ3v) is 2.46. The largest absolute Gasteiger partial charge is 0.505 e. The highest BCUT2D eigenvalue weighted by Gasteiger charge is 2.28. The maximum absolute atomic E-state index is 10.6. The van der Waals surface area contributed by atoms with Crippen LogP contribution >= 0.6 is 11.6 Å². The van der Waals surface area contributed by atoms with E-state index < -0.39 is 17.6 Å². The van der Waals surface area contributed by atoms with Crippen molar-refractivity contribution in [3.8, 4) is 0 Å². The first kappa shape index (κ1) is 10.0.